The molecule has 2 aromatic rings. The zero-order valence-electron chi connectivity index (χ0n) is 18.1. The molecule has 4 atom stereocenters. The highest BCUT2D eigenvalue weighted by Gasteiger charge is 2.43. The monoisotopic (exact) mass is 412 g/mol. The van der Waals surface area contributed by atoms with E-state index in [0.717, 1.165) is 51.3 Å². The first-order valence-corrected chi connectivity index (χ1v) is 11.0. The second-order valence-corrected chi connectivity index (χ2v) is 9.71. The Morgan fingerprint density at radius 2 is 2.03 bits per heavy atom. The van der Waals surface area contributed by atoms with E-state index in [1.165, 1.54) is 11.1 Å². The normalized spacial score (nSPS) is 28.9. The van der Waals surface area contributed by atoms with E-state index in [4.69, 9.17) is 9.47 Å². The number of methoxy groups -OCH3 is 1. The molecule has 3 aliphatic rings. The molecule has 7 heteroatoms. The number of aromatic nitrogens is 3. The zero-order valence-corrected chi connectivity index (χ0v) is 18.1. The van der Waals surface area contributed by atoms with Crippen LogP contribution in [0, 0.1) is 11.8 Å². The molecule has 1 aromatic heterocycles. The fourth-order valence-electron chi connectivity index (χ4n) is 5.46. The van der Waals surface area contributed by atoms with Crippen LogP contribution in [-0.4, -0.2) is 57.9 Å². The molecule has 0 radical (unpaired) electrons. The van der Waals surface area contributed by atoms with Crippen molar-refractivity contribution >= 4 is 0 Å². The molecule has 3 heterocycles. The standard InChI is InChI=1S/C23H32N4O3/c1-23(2,28)22-14-27(25-24-22)19-9-17-12-26(13-18(17)10-21(19)29-3)11-15-4-5-20-16(8-15)6-7-30-20/h4-5,8,14,17-19,21,28H,6-7,9-13H2,1-3H3/t17-,18+,19-,21-/m1/s1. The minimum Gasteiger partial charge on any atom is -0.493 e. The third-order valence-electron chi connectivity index (χ3n) is 7.10. The molecular formula is C23H32N4O3. The number of nitrogens with zero attached hydrogens (tertiary/aromatic N) is 4. The number of hydrogen-bond acceptors (Lipinski definition) is 6. The summed E-state index contributed by atoms with van der Waals surface area (Å²) < 4.78 is 13.4. The molecular weight excluding hydrogens is 380 g/mol. The van der Waals surface area contributed by atoms with Crippen LogP contribution >= 0.6 is 0 Å². The van der Waals surface area contributed by atoms with Gasteiger partial charge in [0.1, 0.15) is 17.0 Å². The molecule has 2 fully saturated rings. The first-order chi connectivity index (χ1) is 14.4. The largest absolute Gasteiger partial charge is 0.493 e. The summed E-state index contributed by atoms with van der Waals surface area (Å²) in [6.45, 7) is 7.52. The minimum absolute atomic E-state index is 0.125. The second kappa shape index (κ2) is 7.62. The van der Waals surface area contributed by atoms with E-state index in [1.807, 2.05) is 10.9 Å². The fraction of sp³-hybridized carbons (Fsp3) is 0.652. The Labute approximate surface area is 178 Å². The van der Waals surface area contributed by atoms with E-state index in [9.17, 15) is 5.11 Å². The Morgan fingerprint density at radius 1 is 1.23 bits per heavy atom. The first kappa shape index (κ1) is 20.0. The molecule has 1 aromatic carbocycles. The predicted octanol–water partition coefficient (Wildman–Crippen LogP) is 2.54. The van der Waals surface area contributed by atoms with Crippen molar-refractivity contribution in [2.75, 3.05) is 26.8 Å². The highest BCUT2D eigenvalue weighted by atomic mass is 16.5. The zero-order chi connectivity index (χ0) is 20.9. The highest BCUT2D eigenvalue weighted by molar-refractivity contribution is 5.39. The van der Waals surface area contributed by atoms with Gasteiger partial charge in [-0.05, 0) is 55.7 Å². The molecule has 1 N–H and O–H groups in total. The van der Waals surface area contributed by atoms with Crippen molar-refractivity contribution in [1.29, 1.82) is 0 Å². The van der Waals surface area contributed by atoms with Crippen LogP contribution in [0.5, 0.6) is 5.75 Å². The molecule has 0 bridgehead atoms. The number of fused-ring (bicyclic) bond motifs is 2. The van der Waals surface area contributed by atoms with Gasteiger partial charge < -0.3 is 14.6 Å². The lowest BCUT2D eigenvalue weighted by Gasteiger charge is -2.37. The third kappa shape index (κ3) is 3.74. The number of benzene rings is 1. The van der Waals surface area contributed by atoms with Crippen molar-refractivity contribution in [1.82, 2.24) is 19.9 Å². The molecule has 0 amide bonds. The van der Waals surface area contributed by atoms with Crippen LogP contribution in [0.4, 0.5) is 0 Å². The van der Waals surface area contributed by atoms with Crippen LogP contribution in [0.2, 0.25) is 0 Å². The average Bonchev–Trinajstić information content (AvgIpc) is 3.44. The van der Waals surface area contributed by atoms with Crippen LogP contribution < -0.4 is 4.74 Å². The Kier molecular flexibility index (Phi) is 5.08. The van der Waals surface area contributed by atoms with Crippen molar-refractivity contribution in [3.8, 4) is 5.75 Å². The summed E-state index contributed by atoms with van der Waals surface area (Å²) in [5.74, 6) is 2.34. The lowest BCUT2D eigenvalue weighted by Crippen LogP contribution is -2.37. The highest BCUT2D eigenvalue weighted by Crippen LogP contribution is 2.42. The third-order valence-corrected chi connectivity index (χ3v) is 7.10. The van der Waals surface area contributed by atoms with Crippen LogP contribution in [0.25, 0.3) is 0 Å². The number of hydrogen-bond donors (Lipinski definition) is 1. The summed E-state index contributed by atoms with van der Waals surface area (Å²) in [6, 6.07) is 6.82. The van der Waals surface area contributed by atoms with Gasteiger partial charge in [0.25, 0.3) is 0 Å². The van der Waals surface area contributed by atoms with E-state index >= 15 is 0 Å². The Balaban J connectivity index is 1.28. The van der Waals surface area contributed by atoms with Crippen molar-refractivity contribution in [2.24, 2.45) is 11.8 Å². The summed E-state index contributed by atoms with van der Waals surface area (Å²) >= 11 is 0. The maximum atomic E-state index is 10.2. The number of ether oxygens (including phenoxy) is 2. The summed E-state index contributed by atoms with van der Waals surface area (Å²) in [6.07, 6.45) is 5.11. The summed E-state index contributed by atoms with van der Waals surface area (Å²) in [4.78, 5) is 2.59. The summed E-state index contributed by atoms with van der Waals surface area (Å²) in [5.41, 5.74) is 2.35. The number of aliphatic hydroxyl groups is 1. The Hall–Kier alpha value is -1.96. The molecule has 1 saturated carbocycles. The molecule has 5 rings (SSSR count). The quantitative estimate of drug-likeness (QED) is 0.814. The van der Waals surface area contributed by atoms with Gasteiger partial charge in [0.05, 0.1) is 24.9 Å². The Bertz CT molecular complexity index is 906. The molecule has 0 unspecified atom stereocenters. The summed E-state index contributed by atoms with van der Waals surface area (Å²) in [7, 11) is 1.80. The van der Waals surface area contributed by atoms with Crippen LogP contribution in [0.15, 0.2) is 24.4 Å². The van der Waals surface area contributed by atoms with Gasteiger partial charge >= 0.3 is 0 Å². The van der Waals surface area contributed by atoms with E-state index in [1.54, 1.807) is 21.0 Å². The van der Waals surface area contributed by atoms with E-state index in [2.05, 4.69) is 33.4 Å². The molecule has 2 aliphatic heterocycles. The molecule has 1 aliphatic carbocycles. The van der Waals surface area contributed by atoms with Crippen molar-refractivity contribution < 1.29 is 14.6 Å². The minimum atomic E-state index is -0.983. The lowest BCUT2D eigenvalue weighted by atomic mass is 9.77. The molecule has 7 nitrogen and oxygen atoms in total. The van der Waals surface area contributed by atoms with E-state index in [-0.39, 0.29) is 12.1 Å². The van der Waals surface area contributed by atoms with Gasteiger partial charge in [-0.2, -0.15) is 0 Å². The van der Waals surface area contributed by atoms with Gasteiger partial charge in [-0.15, -0.1) is 5.10 Å². The van der Waals surface area contributed by atoms with Crippen molar-refractivity contribution in [3.63, 3.8) is 0 Å². The maximum absolute atomic E-state index is 10.2. The molecule has 30 heavy (non-hydrogen) atoms. The predicted molar refractivity (Wildman–Crippen MR) is 112 cm³/mol. The first-order valence-electron chi connectivity index (χ1n) is 11.0. The van der Waals surface area contributed by atoms with Crippen molar-refractivity contribution in [3.05, 3.63) is 41.2 Å². The topological polar surface area (TPSA) is 72.6 Å². The van der Waals surface area contributed by atoms with Gasteiger partial charge in [-0.1, -0.05) is 17.3 Å². The number of likely N-dealkylation sites (tertiary alicyclic amines) is 1. The van der Waals surface area contributed by atoms with E-state index in [0.29, 0.717) is 17.5 Å². The van der Waals surface area contributed by atoms with Gasteiger partial charge in [0.15, 0.2) is 0 Å². The van der Waals surface area contributed by atoms with Gasteiger partial charge in [-0.3, -0.25) is 4.90 Å². The average molecular weight is 413 g/mol. The van der Waals surface area contributed by atoms with Crippen LogP contribution in [0.3, 0.4) is 0 Å². The SMILES string of the molecule is CO[C@@H]1C[C@H]2CN(Cc3ccc4c(c3)CCO4)C[C@H]2C[C@H]1n1cc(C(C)(C)O)nn1. The second-order valence-electron chi connectivity index (χ2n) is 9.71. The van der Waals surface area contributed by atoms with Crippen molar-refractivity contribution in [2.45, 2.75) is 57.4 Å². The van der Waals surface area contributed by atoms with Crippen LogP contribution in [-0.2, 0) is 23.3 Å². The molecule has 162 valence electrons. The summed E-state index contributed by atoms with van der Waals surface area (Å²) in [5, 5.41) is 18.8. The van der Waals surface area contributed by atoms with Gasteiger partial charge in [0.2, 0.25) is 0 Å². The number of rotatable bonds is 5. The molecule has 1 saturated heterocycles. The molecule has 0 spiro atoms. The Morgan fingerprint density at radius 3 is 2.77 bits per heavy atom. The van der Waals surface area contributed by atoms with E-state index < -0.39 is 5.60 Å². The van der Waals surface area contributed by atoms with Gasteiger partial charge in [0, 0.05) is 33.2 Å². The van der Waals surface area contributed by atoms with Crippen LogP contribution in [0.1, 0.15) is 49.6 Å². The van der Waals surface area contributed by atoms with Gasteiger partial charge in [-0.25, -0.2) is 4.68 Å². The lowest BCUT2D eigenvalue weighted by molar-refractivity contribution is -0.00555. The maximum Gasteiger partial charge on any atom is 0.122 e. The smallest absolute Gasteiger partial charge is 0.122 e. The fourth-order valence-corrected chi connectivity index (χ4v) is 5.46.